The van der Waals surface area contributed by atoms with Gasteiger partial charge in [0.05, 0.1) is 36.6 Å². The van der Waals surface area contributed by atoms with Crippen LogP contribution in [0.3, 0.4) is 0 Å². The van der Waals surface area contributed by atoms with E-state index in [1.165, 1.54) is 0 Å². The zero-order chi connectivity index (χ0) is 44.9. The molecular formula is C47H87NO9Si2. The Balaban J connectivity index is 1.88. The highest BCUT2D eigenvalue weighted by Crippen LogP contribution is 2.69. The van der Waals surface area contributed by atoms with E-state index in [1.807, 2.05) is 27.7 Å². The smallest absolute Gasteiger partial charge is 0.407 e. The lowest BCUT2D eigenvalue weighted by molar-refractivity contribution is -0.323. The molecule has 0 aromatic carbocycles. The molecule has 2 unspecified atom stereocenters. The van der Waals surface area contributed by atoms with Crippen molar-refractivity contribution in [3.05, 3.63) is 11.1 Å². The number of alkyl carbamates (subject to hydrolysis) is 1. The van der Waals surface area contributed by atoms with E-state index < -0.39 is 75.1 Å². The van der Waals surface area contributed by atoms with Crippen LogP contribution in [0.1, 0.15) is 144 Å². The van der Waals surface area contributed by atoms with Crippen molar-refractivity contribution in [2.75, 3.05) is 6.61 Å². The van der Waals surface area contributed by atoms with Gasteiger partial charge in [0.25, 0.3) is 0 Å². The Morgan fingerprint density at radius 3 is 1.93 bits per heavy atom. The molecule has 0 aromatic rings. The van der Waals surface area contributed by atoms with Gasteiger partial charge in [0.2, 0.25) is 0 Å². The van der Waals surface area contributed by atoms with Gasteiger partial charge in [0.15, 0.2) is 22.7 Å². The Morgan fingerprint density at radius 2 is 1.47 bits per heavy atom. The molecular weight excluding hydrogens is 779 g/mol. The van der Waals surface area contributed by atoms with Crippen LogP contribution in [0.25, 0.3) is 0 Å². The van der Waals surface area contributed by atoms with Gasteiger partial charge < -0.3 is 38.6 Å². The fourth-order valence-corrected chi connectivity index (χ4v) is 18.5. The summed E-state index contributed by atoms with van der Waals surface area (Å²) in [4.78, 5) is 28.4. The number of carbonyl (C=O) groups excluding carboxylic acids is 2. The number of aliphatic hydroxyl groups is 2. The number of esters is 1. The molecule has 3 aliphatic carbocycles. The molecule has 12 atom stereocenters. The number of carbonyl (C=O) groups is 2. The normalized spacial score (nSPS) is 35.7. The van der Waals surface area contributed by atoms with Gasteiger partial charge in [-0.3, -0.25) is 0 Å². The Morgan fingerprint density at radius 1 is 0.932 bits per heavy atom. The van der Waals surface area contributed by atoms with Crippen LogP contribution in [0.15, 0.2) is 11.1 Å². The molecule has 4 aliphatic rings. The second kappa shape index (κ2) is 18.1. The molecule has 3 N–H and O–H groups in total. The zero-order valence-electron chi connectivity index (χ0n) is 40.6. The van der Waals surface area contributed by atoms with Gasteiger partial charge in [-0.15, -0.1) is 0 Å². The molecule has 1 amide bonds. The van der Waals surface area contributed by atoms with Crippen LogP contribution in [-0.4, -0.2) is 93.3 Å². The molecule has 1 aliphatic heterocycles. The number of ether oxygens (including phenoxy) is 3. The van der Waals surface area contributed by atoms with Crippen LogP contribution in [-0.2, 0) is 27.9 Å². The van der Waals surface area contributed by atoms with Gasteiger partial charge in [-0.25, -0.2) is 9.59 Å². The predicted molar refractivity (Wildman–Crippen MR) is 241 cm³/mol. The number of hydrogen-bond acceptors (Lipinski definition) is 9. The first-order chi connectivity index (χ1) is 27.2. The van der Waals surface area contributed by atoms with Gasteiger partial charge in [-0.1, -0.05) is 103 Å². The minimum absolute atomic E-state index is 0.0405. The van der Waals surface area contributed by atoms with Gasteiger partial charge in [0.1, 0.15) is 11.7 Å². The number of hydrogen-bond donors (Lipinski definition) is 3. The maximum atomic E-state index is 15.0. The summed E-state index contributed by atoms with van der Waals surface area (Å²) in [6.45, 7) is 38.3. The quantitative estimate of drug-likeness (QED) is 0.0788. The maximum Gasteiger partial charge on any atom is 0.407 e. The summed E-state index contributed by atoms with van der Waals surface area (Å²) in [6.07, 6.45) is -2.12. The van der Waals surface area contributed by atoms with E-state index in [1.54, 1.807) is 0 Å². The first-order valence-electron chi connectivity index (χ1n) is 23.5. The topological polar surface area (TPSA) is 133 Å². The van der Waals surface area contributed by atoms with Gasteiger partial charge in [-0.05, 0) is 100 Å². The van der Waals surface area contributed by atoms with Crippen molar-refractivity contribution in [1.29, 1.82) is 0 Å². The highest BCUT2D eigenvalue weighted by Gasteiger charge is 2.73. The van der Waals surface area contributed by atoms with Crippen molar-refractivity contribution in [3.63, 3.8) is 0 Å². The standard InChI is InChI=1S/C47H87NO9Si2/c1-19-58(20-2,21-3)56-36-26-35-45(17,28-53-35)39-32(11)47(52)27-34(30(9)37(44(47,15)16)31(10)40(49)46(36,39)18)54-41(50)38(57-59(22-4,23-5)24-6)33(25-29(7)8)48-42(51)55-43(12,13)14/h29,31-36,38-40,49,52H,19-28H2,1-18H3,(H,48,51)/t31-,32-,33-,34-,35+,36?,38?,39+,40-,45+,46+,47+/m0/s1. The third-order valence-corrected chi connectivity index (χ3v) is 26.0. The SMILES string of the molecule is CC[Si](CC)(CC)OC(C(=O)O[C@H]1C[C@@]2(O)[C@@H](C)[C@@H]3[C@]4(C)CO[C@@H]4CC(O[Si](CC)(CC)CC)[C@@]3(C)[C@@H](O)[C@@H](C)C(=C1C)C2(C)C)[C@H](CC(C)C)NC(=O)OC(C)(C)C. The molecule has 342 valence electrons. The molecule has 59 heavy (non-hydrogen) atoms. The molecule has 0 radical (unpaired) electrons. The minimum atomic E-state index is -2.43. The van der Waals surface area contributed by atoms with Crippen molar-refractivity contribution < 1.29 is 42.9 Å². The van der Waals surface area contributed by atoms with Crippen molar-refractivity contribution in [2.24, 2.45) is 39.9 Å². The maximum absolute atomic E-state index is 15.0. The van der Waals surface area contributed by atoms with E-state index in [0.29, 0.717) is 13.0 Å². The van der Waals surface area contributed by atoms with Gasteiger partial charge in [-0.2, -0.15) is 0 Å². The summed E-state index contributed by atoms with van der Waals surface area (Å²) < 4.78 is 33.3. The molecule has 12 heteroatoms. The molecule has 10 nitrogen and oxygen atoms in total. The van der Waals surface area contributed by atoms with Crippen molar-refractivity contribution >= 4 is 28.7 Å². The van der Waals surface area contributed by atoms with Gasteiger partial charge >= 0.3 is 12.1 Å². The molecule has 0 spiro atoms. The van der Waals surface area contributed by atoms with Crippen LogP contribution in [0.5, 0.6) is 0 Å². The summed E-state index contributed by atoms with van der Waals surface area (Å²) in [5.41, 5.74) is -1.99. The third kappa shape index (κ3) is 8.95. The third-order valence-electron chi connectivity index (χ3n) is 16.7. The monoisotopic (exact) mass is 866 g/mol. The number of fused-ring (bicyclic) bond motifs is 5. The lowest BCUT2D eigenvalue weighted by Gasteiger charge is -2.71. The van der Waals surface area contributed by atoms with Crippen LogP contribution in [0, 0.1) is 39.9 Å². The first kappa shape index (κ1) is 50.4. The molecule has 1 saturated heterocycles. The van der Waals surface area contributed by atoms with E-state index >= 15 is 4.79 Å². The molecule has 2 bridgehead atoms. The zero-order valence-corrected chi connectivity index (χ0v) is 42.6. The fraction of sp³-hybridized carbons (Fsp3) is 0.915. The second-order valence-electron chi connectivity index (χ2n) is 21.7. The molecule has 2 saturated carbocycles. The van der Waals surface area contributed by atoms with E-state index in [2.05, 4.69) is 102 Å². The molecule has 4 rings (SSSR count). The van der Waals surface area contributed by atoms with E-state index in [9.17, 15) is 15.0 Å². The number of amides is 1. The number of rotatable bonds is 16. The average molecular weight is 866 g/mol. The first-order valence-corrected chi connectivity index (χ1v) is 28.5. The van der Waals surface area contributed by atoms with E-state index in [4.69, 9.17) is 23.1 Å². The fourth-order valence-electron chi connectivity index (χ4n) is 12.8. The van der Waals surface area contributed by atoms with Crippen molar-refractivity contribution in [3.8, 4) is 0 Å². The van der Waals surface area contributed by atoms with Crippen molar-refractivity contribution in [2.45, 2.75) is 228 Å². The predicted octanol–water partition coefficient (Wildman–Crippen LogP) is 10.2. The summed E-state index contributed by atoms with van der Waals surface area (Å²) in [6, 6.07) is 4.74. The van der Waals surface area contributed by atoms with Crippen LogP contribution < -0.4 is 5.32 Å². The second-order valence-corrected chi connectivity index (χ2v) is 31.1. The summed E-state index contributed by atoms with van der Waals surface area (Å²) in [5, 5.41) is 29.8. The molecule has 0 aromatic heterocycles. The number of nitrogens with one attached hydrogen (secondary N) is 1. The Bertz CT molecular complexity index is 1500. The Hall–Kier alpha value is -1.29. The average Bonchev–Trinajstić information content (AvgIpc) is 3.15. The number of aliphatic hydroxyl groups excluding tert-OH is 1. The lowest BCUT2D eigenvalue weighted by atomic mass is 9.39. The van der Waals surface area contributed by atoms with Crippen LogP contribution >= 0.6 is 0 Å². The summed E-state index contributed by atoms with van der Waals surface area (Å²) in [5.74, 6) is -1.27. The largest absolute Gasteiger partial charge is 0.456 e. The highest BCUT2D eigenvalue weighted by atomic mass is 28.4. The van der Waals surface area contributed by atoms with Crippen LogP contribution in [0.4, 0.5) is 4.79 Å². The molecule has 3 fully saturated rings. The van der Waals surface area contributed by atoms with E-state index in [-0.39, 0.29) is 47.7 Å². The highest BCUT2D eigenvalue weighted by molar-refractivity contribution is 6.74. The Labute approximate surface area is 361 Å². The minimum Gasteiger partial charge on any atom is -0.456 e. The van der Waals surface area contributed by atoms with Gasteiger partial charge in [0, 0.05) is 28.6 Å². The lowest BCUT2D eigenvalue weighted by Crippen LogP contribution is -2.76. The molecule has 1 heterocycles. The summed E-state index contributed by atoms with van der Waals surface area (Å²) in [7, 11) is -4.55. The Kier molecular flexibility index (Phi) is 15.4. The summed E-state index contributed by atoms with van der Waals surface area (Å²) >= 11 is 0. The van der Waals surface area contributed by atoms with E-state index in [0.717, 1.165) is 53.8 Å². The van der Waals surface area contributed by atoms with Crippen molar-refractivity contribution in [1.82, 2.24) is 5.32 Å². The van der Waals surface area contributed by atoms with Crippen LogP contribution in [0.2, 0.25) is 36.3 Å².